The third-order valence-electron chi connectivity index (χ3n) is 3.02. The van der Waals surface area contributed by atoms with E-state index in [0.29, 0.717) is 10.1 Å². The predicted octanol–water partition coefficient (Wildman–Crippen LogP) is 3.32. The van der Waals surface area contributed by atoms with Gasteiger partial charge in [-0.3, -0.25) is 10.1 Å². The molecule has 0 fully saturated rings. The summed E-state index contributed by atoms with van der Waals surface area (Å²) in [5.74, 6) is 0. The molecule has 3 rings (SSSR count). The average molecular weight is 308 g/mol. The molecule has 112 valence electrons. The molecule has 2 heterocycles. The Bertz CT molecular complexity index is 856. The van der Waals surface area contributed by atoms with Gasteiger partial charge in [0.2, 0.25) is 0 Å². The first-order valence-electron chi connectivity index (χ1n) is 6.03. The van der Waals surface area contributed by atoms with Gasteiger partial charge in [0.25, 0.3) is 5.69 Å². The van der Waals surface area contributed by atoms with Crippen LogP contribution in [0, 0.1) is 10.1 Å². The second-order valence-corrected chi connectivity index (χ2v) is 4.43. The third-order valence-corrected chi connectivity index (χ3v) is 3.02. The highest BCUT2D eigenvalue weighted by atomic mass is 19.4. The van der Waals surface area contributed by atoms with E-state index in [1.807, 2.05) is 0 Å². The number of nitro benzene ring substituents is 1. The Hall–Kier alpha value is -2.97. The van der Waals surface area contributed by atoms with Gasteiger partial charge in [0.05, 0.1) is 16.8 Å². The van der Waals surface area contributed by atoms with Gasteiger partial charge in [-0.25, -0.2) is 9.50 Å². The summed E-state index contributed by atoms with van der Waals surface area (Å²) in [7, 11) is 0. The molecule has 9 heteroatoms. The van der Waals surface area contributed by atoms with Gasteiger partial charge in [-0.1, -0.05) is 0 Å². The van der Waals surface area contributed by atoms with Crippen molar-refractivity contribution < 1.29 is 18.1 Å². The van der Waals surface area contributed by atoms with E-state index in [4.69, 9.17) is 0 Å². The maximum Gasteiger partial charge on any atom is 0.433 e. The van der Waals surface area contributed by atoms with Crippen molar-refractivity contribution >= 4 is 11.3 Å². The van der Waals surface area contributed by atoms with Gasteiger partial charge in [-0.2, -0.15) is 18.3 Å². The molecule has 0 unspecified atom stereocenters. The standard InChI is InChI=1S/C13H7F3N4O2/c14-13(15,16)11-7-10(18-12-5-6-17-19(11)12)8-1-3-9(4-2-8)20(21)22/h1-7H. The summed E-state index contributed by atoms with van der Waals surface area (Å²) in [6, 6.07) is 7.35. The molecule has 0 aliphatic rings. The highest BCUT2D eigenvalue weighted by Gasteiger charge is 2.35. The first-order chi connectivity index (χ1) is 10.4. The topological polar surface area (TPSA) is 73.3 Å². The molecule has 0 amide bonds. The van der Waals surface area contributed by atoms with Crippen molar-refractivity contribution in [1.82, 2.24) is 14.6 Å². The van der Waals surface area contributed by atoms with E-state index in [1.54, 1.807) is 0 Å². The fourth-order valence-electron chi connectivity index (χ4n) is 2.02. The van der Waals surface area contributed by atoms with E-state index in [2.05, 4.69) is 10.1 Å². The van der Waals surface area contributed by atoms with Crippen LogP contribution in [-0.4, -0.2) is 19.5 Å². The van der Waals surface area contributed by atoms with Crippen molar-refractivity contribution in [3.05, 3.63) is 58.4 Å². The van der Waals surface area contributed by atoms with Gasteiger partial charge in [-0.15, -0.1) is 0 Å². The summed E-state index contributed by atoms with van der Waals surface area (Å²) < 4.78 is 40.0. The van der Waals surface area contributed by atoms with Gasteiger partial charge in [0.15, 0.2) is 11.3 Å². The second kappa shape index (κ2) is 4.79. The molecule has 0 aliphatic carbocycles. The molecule has 0 saturated heterocycles. The van der Waals surface area contributed by atoms with Crippen LogP contribution < -0.4 is 0 Å². The zero-order valence-electron chi connectivity index (χ0n) is 10.8. The zero-order chi connectivity index (χ0) is 15.9. The van der Waals surface area contributed by atoms with Crippen LogP contribution in [0.25, 0.3) is 16.9 Å². The van der Waals surface area contributed by atoms with E-state index in [1.165, 1.54) is 36.5 Å². The second-order valence-electron chi connectivity index (χ2n) is 4.43. The first-order valence-corrected chi connectivity index (χ1v) is 6.03. The third kappa shape index (κ3) is 2.36. The van der Waals surface area contributed by atoms with Crippen LogP contribution in [0.3, 0.4) is 0 Å². The highest BCUT2D eigenvalue weighted by Crippen LogP contribution is 2.32. The molecule has 3 aromatic rings. The molecule has 0 N–H and O–H groups in total. The molecular formula is C13H7F3N4O2. The molecule has 1 aromatic carbocycles. The summed E-state index contributed by atoms with van der Waals surface area (Å²) in [5.41, 5.74) is -0.653. The normalized spacial score (nSPS) is 11.8. The van der Waals surface area contributed by atoms with Crippen LogP contribution >= 0.6 is 0 Å². The van der Waals surface area contributed by atoms with Crippen LogP contribution in [0.1, 0.15) is 5.69 Å². The molecule has 0 spiro atoms. The number of hydrogen-bond acceptors (Lipinski definition) is 4. The first kappa shape index (κ1) is 14.0. The van der Waals surface area contributed by atoms with Gasteiger partial charge < -0.3 is 0 Å². The van der Waals surface area contributed by atoms with Gasteiger partial charge in [-0.05, 0) is 18.2 Å². The average Bonchev–Trinajstić information content (AvgIpc) is 2.93. The Labute approximate surface area is 121 Å². The number of halogens is 3. The van der Waals surface area contributed by atoms with E-state index in [0.717, 1.165) is 6.07 Å². The molecule has 0 bridgehead atoms. The molecule has 6 nitrogen and oxygen atoms in total. The zero-order valence-corrected chi connectivity index (χ0v) is 10.8. The van der Waals surface area contributed by atoms with Crippen LogP contribution in [-0.2, 0) is 6.18 Å². The molecule has 2 aromatic heterocycles. The van der Waals surface area contributed by atoms with Crippen LogP contribution in [0.2, 0.25) is 0 Å². The largest absolute Gasteiger partial charge is 0.433 e. The van der Waals surface area contributed by atoms with Crippen molar-refractivity contribution in [3.63, 3.8) is 0 Å². The number of rotatable bonds is 2. The van der Waals surface area contributed by atoms with Gasteiger partial charge in [0, 0.05) is 23.8 Å². The van der Waals surface area contributed by atoms with E-state index in [-0.39, 0.29) is 17.0 Å². The number of benzene rings is 1. The molecular weight excluding hydrogens is 301 g/mol. The minimum atomic E-state index is -4.59. The SMILES string of the molecule is O=[N+]([O-])c1ccc(-c2cc(C(F)(F)F)n3nccc3n2)cc1. The Morgan fingerprint density at radius 3 is 2.41 bits per heavy atom. The lowest BCUT2D eigenvalue weighted by molar-refractivity contribution is -0.384. The molecule has 0 aliphatic heterocycles. The van der Waals surface area contributed by atoms with Crippen molar-refractivity contribution in [3.8, 4) is 11.3 Å². The van der Waals surface area contributed by atoms with Crippen LogP contribution in [0.15, 0.2) is 42.6 Å². The van der Waals surface area contributed by atoms with Crippen LogP contribution in [0.5, 0.6) is 0 Å². The van der Waals surface area contributed by atoms with E-state index < -0.39 is 16.8 Å². The minimum absolute atomic E-state index is 0.0446. The maximum absolute atomic E-state index is 13.1. The summed E-state index contributed by atoms with van der Waals surface area (Å²) in [6.07, 6.45) is -3.38. The fraction of sp³-hybridized carbons (Fsp3) is 0.0769. The molecule has 22 heavy (non-hydrogen) atoms. The summed E-state index contributed by atoms with van der Waals surface area (Å²) in [5, 5.41) is 14.2. The fourth-order valence-corrected chi connectivity index (χ4v) is 2.02. The van der Waals surface area contributed by atoms with Crippen LogP contribution in [0.4, 0.5) is 18.9 Å². The lowest BCUT2D eigenvalue weighted by atomic mass is 10.1. The number of alkyl halides is 3. The maximum atomic E-state index is 13.1. The predicted molar refractivity (Wildman–Crippen MR) is 70.1 cm³/mol. The number of fused-ring (bicyclic) bond motifs is 1. The monoisotopic (exact) mass is 308 g/mol. The number of non-ortho nitro benzene ring substituents is 1. The summed E-state index contributed by atoms with van der Waals surface area (Å²) >= 11 is 0. The van der Waals surface area contributed by atoms with E-state index in [9.17, 15) is 23.3 Å². The molecule has 0 radical (unpaired) electrons. The Morgan fingerprint density at radius 2 is 1.82 bits per heavy atom. The Balaban J connectivity index is 2.16. The lowest BCUT2D eigenvalue weighted by Gasteiger charge is -2.10. The van der Waals surface area contributed by atoms with E-state index >= 15 is 0 Å². The Kier molecular flexibility index (Phi) is 3.05. The number of hydrogen-bond donors (Lipinski definition) is 0. The molecule has 0 atom stereocenters. The summed E-state index contributed by atoms with van der Waals surface area (Å²) in [6.45, 7) is 0. The number of nitrogens with zero attached hydrogens (tertiary/aromatic N) is 4. The quantitative estimate of drug-likeness (QED) is 0.537. The Morgan fingerprint density at radius 1 is 1.14 bits per heavy atom. The lowest BCUT2D eigenvalue weighted by Crippen LogP contribution is -2.13. The number of nitro groups is 1. The van der Waals surface area contributed by atoms with Crippen molar-refractivity contribution in [1.29, 1.82) is 0 Å². The minimum Gasteiger partial charge on any atom is -0.258 e. The highest BCUT2D eigenvalue weighted by molar-refractivity contribution is 5.64. The van der Waals surface area contributed by atoms with Crippen molar-refractivity contribution in [2.75, 3.05) is 0 Å². The smallest absolute Gasteiger partial charge is 0.258 e. The summed E-state index contributed by atoms with van der Waals surface area (Å²) in [4.78, 5) is 14.1. The number of aromatic nitrogens is 3. The van der Waals surface area contributed by atoms with Crippen molar-refractivity contribution in [2.45, 2.75) is 6.18 Å². The van der Waals surface area contributed by atoms with Crippen molar-refractivity contribution in [2.24, 2.45) is 0 Å². The van der Waals surface area contributed by atoms with Gasteiger partial charge >= 0.3 is 6.18 Å². The molecule has 0 saturated carbocycles. The van der Waals surface area contributed by atoms with Gasteiger partial charge in [0.1, 0.15) is 0 Å².